The van der Waals surface area contributed by atoms with Crippen molar-refractivity contribution in [2.24, 2.45) is 0 Å². The number of hydrogen-bond acceptors (Lipinski definition) is 5. The molecule has 1 aromatic heterocycles. The first-order valence-corrected chi connectivity index (χ1v) is 6.55. The molecule has 6 nitrogen and oxygen atoms in total. The summed E-state index contributed by atoms with van der Waals surface area (Å²) in [6, 6.07) is 5.44. The summed E-state index contributed by atoms with van der Waals surface area (Å²) < 4.78 is 6.01. The third-order valence-electron chi connectivity index (χ3n) is 2.48. The summed E-state index contributed by atoms with van der Waals surface area (Å²) in [6.07, 6.45) is 1.30. The largest absolute Gasteiger partial charge is 0.435 e. The Labute approximate surface area is 123 Å². The Hall–Kier alpha value is -1.77. The molecule has 0 spiro atoms. The lowest BCUT2D eigenvalue weighted by Gasteiger charge is -2.15. The summed E-state index contributed by atoms with van der Waals surface area (Å²) in [5.41, 5.74) is 7.06. The van der Waals surface area contributed by atoms with Crippen molar-refractivity contribution in [1.29, 1.82) is 0 Å². The number of halogens is 1. The van der Waals surface area contributed by atoms with Crippen LogP contribution in [0.5, 0.6) is 11.6 Å². The number of benzene rings is 1. The monoisotopic (exact) mass is 372 g/mol. The average molecular weight is 372 g/mol. The number of nitrogen functional groups attached to an aromatic ring is 1. The molecule has 100 valence electrons. The van der Waals surface area contributed by atoms with Gasteiger partial charge in [-0.15, -0.1) is 0 Å². The van der Waals surface area contributed by atoms with Crippen LogP contribution in [0.1, 0.15) is 0 Å². The zero-order valence-corrected chi connectivity index (χ0v) is 12.6. The first-order chi connectivity index (χ1) is 8.99. The number of nitrogens with one attached hydrogen (secondary N) is 1. The predicted octanol–water partition coefficient (Wildman–Crippen LogP) is 1.81. The van der Waals surface area contributed by atoms with Gasteiger partial charge >= 0.3 is 0 Å². The molecule has 3 N–H and O–H groups in total. The second kappa shape index (κ2) is 5.47. The van der Waals surface area contributed by atoms with E-state index in [1.54, 1.807) is 12.1 Å². The molecule has 0 bridgehead atoms. The highest BCUT2D eigenvalue weighted by molar-refractivity contribution is 14.1. The van der Waals surface area contributed by atoms with Crippen LogP contribution in [0.2, 0.25) is 0 Å². The maximum Gasteiger partial charge on any atom is 0.268 e. The molecule has 0 fully saturated rings. The number of nitrogens with two attached hydrogens (primary N) is 1. The van der Waals surface area contributed by atoms with Crippen molar-refractivity contribution in [2.75, 3.05) is 24.7 Å². The highest BCUT2D eigenvalue weighted by atomic mass is 127. The van der Waals surface area contributed by atoms with Gasteiger partial charge in [-0.1, -0.05) is 0 Å². The van der Waals surface area contributed by atoms with E-state index in [4.69, 9.17) is 10.5 Å². The highest BCUT2D eigenvalue weighted by Crippen LogP contribution is 2.31. The topological polar surface area (TPSA) is 84.2 Å². The van der Waals surface area contributed by atoms with Crippen molar-refractivity contribution in [3.8, 4) is 11.6 Å². The third kappa shape index (κ3) is 2.98. The summed E-state index contributed by atoms with van der Waals surface area (Å²) in [5.74, 6) is 0.717. The highest BCUT2D eigenvalue weighted by Gasteiger charge is 2.11. The van der Waals surface area contributed by atoms with E-state index in [9.17, 15) is 4.79 Å². The van der Waals surface area contributed by atoms with E-state index in [0.29, 0.717) is 15.0 Å². The fourth-order valence-corrected chi connectivity index (χ4v) is 1.84. The number of anilines is 2. The maximum absolute atomic E-state index is 11.5. The van der Waals surface area contributed by atoms with Gasteiger partial charge in [0.05, 0.1) is 12.0 Å². The molecule has 0 aliphatic carbocycles. The molecule has 19 heavy (non-hydrogen) atoms. The van der Waals surface area contributed by atoms with E-state index in [0.717, 1.165) is 5.69 Å². The van der Waals surface area contributed by atoms with Crippen molar-refractivity contribution >= 4 is 34.0 Å². The fraction of sp³-hybridized carbons (Fsp3) is 0.167. The SMILES string of the molecule is CN(C)c1ccc(N)c(Oc2nc[nH]c(=O)c2I)c1. The number of rotatable bonds is 3. The molecule has 0 unspecified atom stereocenters. The first kappa shape index (κ1) is 13.7. The fourth-order valence-electron chi connectivity index (χ4n) is 1.43. The van der Waals surface area contributed by atoms with Crippen LogP contribution in [0.25, 0.3) is 0 Å². The van der Waals surface area contributed by atoms with E-state index in [1.807, 2.05) is 47.7 Å². The summed E-state index contributed by atoms with van der Waals surface area (Å²) in [6.45, 7) is 0. The van der Waals surface area contributed by atoms with Crippen LogP contribution in [-0.2, 0) is 0 Å². The smallest absolute Gasteiger partial charge is 0.268 e. The van der Waals surface area contributed by atoms with E-state index in [2.05, 4.69) is 9.97 Å². The lowest BCUT2D eigenvalue weighted by Crippen LogP contribution is -2.12. The molecule has 0 amide bonds. The van der Waals surface area contributed by atoms with Crippen molar-refractivity contribution in [3.63, 3.8) is 0 Å². The molecule has 2 aromatic rings. The molecule has 0 aliphatic rings. The quantitative estimate of drug-likeness (QED) is 0.634. The standard InChI is InChI=1S/C12H13IN4O2/c1-17(2)7-3-4-8(14)9(5-7)19-12-10(13)11(18)15-6-16-12/h3-6H,14H2,1-2H3,(H,15,16,18). The number of nitrogens with zero attached hydrogens (tertiary/aromatic N) is 2. The summed E-state index contributed by atoms with van der Waals surface area (Å²) in [4.78, 5) is 19.9. The van der Waals surface area contributed by atoms with E-state index in [1.165, 1.54) is 6.33 Å². The van der Waals surface area contributed by atoms with Gasteiger partial charge in [0.25, 0.3) is 5.56 Å². The van der Waals surface area contributed by atoms with Crippen LogP contribution in [0.4, 0.5) is 11.4 Å². The number of aromatic amines is 1. The molecule has 0 atom stereocenters. The average Bonchev–Trinajstić information content (AvgIpc) is 2.37. The van der Waals surface area contributed by atoms with Gasteiger partial charge in [0.1, 0.15) is 3.57 Å². The Bertz CT molecular complexity index is 654. The molecule has 0 saturated carbocycles. The van der Waals surface area contributed by atoms with Crippen molar-refractivity contribution in [2.45, 2.75) is 0 Å². The molecule has 0 aliphatic heterocycles. The minimum absolute atomic E-state index is 0.243. The van der Waals surface area contributed by atoms with Crippen LogP contribution in [0.3, 0.4) is 0 Å². The first-order valence-electron chi connectivity index (χ1n) is 5.47. The number of H-pyrrole nitrogens is 1. The Kier molecular flexibility index (Phi) is 3.93. The van der Waals surface area contributed by atoms with E-state index in [-0.39, 0.29) is 11.4 Å². The van der Waals surface area contributed by atoms with Crippen molar-refractivity contribution in [3.05, 3.63) is 38.5 Å². The lowest BCUT2D eigenvalue weighted by molar-refractivity contribution is 0.458. The van der Waals surface area contributed by atoms with Gasteiger partial charge in [0.2, 0.25) is 5.88 Å². The van der Waals surface area contributed by atoms with Crippen LogP contribution in [0.15, 0.2) is 29.3 Å². The summed E-state index contributed by atoms with van der Waals surface area (Å²) >= 11 is 1.88. The molecule has 7 heteroatoms. The zero-order chi connectivity index (χ0) is 14.0. The molecule has 1 aromatic carbocycles. The second-order valence-electron chi connectivity index (χ2n) is 4.07. The van der Waals surface area contributed by atoms with Gasteiger partial charge < -0.3 is 20.4 Å². The number of ether oxygens (including phenoxy) is 1. The van der Waals surface area contributed by atoms with Crippen LogP contribution in [0, 0.1) is 3.57 Å². The van der Waals surface area contributed by atoms with Gasteiger partial charge in [-0.05, 0) is 34.7 Å². The van der Waals surface area contributed by atoms with Crippen LogP contribution >= 0.6 is 22.6 Å². The van der Waals surface area contributed by atoms with Crippen LogP contribution < -0.4 is 20.9 Å². The summed E-state index contributed by atoms with van der Waals surface area (Å²) in [7, 11) is 3.84. The van der Waals surface area contributed by atoms with E-state index < -0.39 is 0 Å². The van der Waals surface area contributed by atoms with Gasteiger partial charge in [-0.25, -0.2) is 4.98 Å². The molecular weight excluding hydrogens is 359 g/mol. The maximum atomic E-state index is 11.5. The number of hydrogen-bond donors (Lipinski definition) is 2. The van der Waals surface area contributed by atoms with Gasteiger partial charge in [-0.2, -0.15) is 0 Å². The zero-order valence-electron chi connectivity index (χ0n) is 10.5. The molecule has 2 rings (SSSR count). The van der Waals surface area contributed by atoms with E-state index >= 15 is 0 Å². The van der Waals surface area contributed by atoms with Crippen LogP contribution in [-0.4, -0.2) is 24.1 Å². The second-order valence-corrected chi connectivity index (χ2v) is 5.15. The Morgan fingerprint density at radius 1 is 1.42 bits per heavy atom. The molecule has 0 radical (unpaired) electrons. The van der Waals surface area contributed by atoms with Crippen molar-refractivity contribution < 1.29 is 4.74 Å². The molecule has 1 heterocycles. The lowest BCUT2D eigenvalue weighted by atomic mass is 10.2. The van der Waals surface area contributed by atoms with Gasteiger partial charge in [0, 0.05) is 25.8 Å². The Balaban J connectivity index is 2.40. The third-order valence-corrected chi connectivity index (χ3v) is 3.44. The minimum Gasteiger partial charge on any atom is -0.435 e. The van der Waals surface area contributed by atoms with Gasteiger partial charge in [0.15, 0.2) is 5.75 Å². The number of aromatic nitrogens is 2. The Morgan fingerprint density at radius 3 is 2.84 bits per heavy atom. The minimum atomic E-state index is -0.243. The van der Waals surface area contributed by atoms with Gasteiger partial charge in [-0.3, -0.25) is 4.79 Å². The summed E-state index contributed by atoms with van der Waals surface area (Å²) in [5, 5.41) is 0. The molecular formula is C12H13IN4O2. The predicted molar refractivity (Wildman–Crippen MR) is 82.8 cm³/mol. The Morgan fingerprint density at radius 2 is 2.16 bits per heavy atom. The normalized spacial score (nSPS) is 10.3. The van der Waals surface area contributed by atoms with Crippen molar-refractivity contribution in [1.82, 2.24) is 9.97 Å². The molecule has 0 saturated heterocycles.